The SMILES string of the molecule is Cc1ccc(C(=O)Cn2nc(-c3ccccc3)cc(C(F)(F)F)c2=O)s1. The Morgan fingerprint density at radius 3 is 2.42 bits per heavy atom. The molecule has 4 nitrogen and oxygen atoms in total. The third-order valence-electron chi connectivity index (χ3n) is 3.66. The normalized spacial score (nSPS) is 11.5. The molecule has 3 rings (SSSR count). The van der Waals surface area contributed by atoms with Crippen LogP contribution < -0.4 is 5.56 Å². The Hall–Kier alpha value is -2.74. The van der Waals surface area contributed by atoms with E-state index in [-0.39, 0.29) is 5.69 Å². The quantitative estimate of drug-likeness (QED) is 0.640. The molecule has 3 aromatic rings. The van der Waals surface area contributed by atoms with Gasteiger partial charge in [-0.25, -0.2) is 4.68 Å². The summed E-state index contributed by atoms with van der Waals surface area (Å²) in [5, 5.41) is 3.98. The van der Waals surface area contributed by atoms with Gasteiger partial charge in [-0.3, -0.25) is 9.59 Å². The molecule has 0 aliphatic carbocycles. The molecule has 134 valence electrons. The van der Waals surface area contributed by atoms with Crippen molar-refractivity contribution in [3.63, 3.8) is 0 Å². The van der Waals surface area contributed by atoms with Crippen LogP contribution in [0.3, 0.4) is 0 Å². The van der Waals surface area contributed by atoms with Crippen LogP contribution >= 0.6 is 11.3 Å². The van der Waals surface area contributed by atoms with E-state index in [2.05, 4.69) is 5.10 Å². The largest absolute Gasteiger partial charge is 0.421 e. The average Bonchev–Trinajstić information content (AvgIpc) is 3.03. The maximum absolute atomic E-state index is 13.3. The van der Waals surface area contributed by atoms with Gasteiger partial charge in [0.1, 0.15) is 12.1 Å². The van der Waals surface area contributed by atoms with Gasteiger partial charge in [-0.15, -0.1) is 11.3 Å². The highest BCUT2D eigenvalue weighted by molar-refractivity contribution is 7.14. The molecule has 2 aromatic heterocycles. The third kappa shape index (κ3) is 3.75. The molecule has 0 aliphatic rings. The first-order chi connectivity index (χ1) is 12.3. The van der Waals surface area contributed by atoms with E-state index in [1.54, 1.807) is 42.5 Å². The molecule has 0 bridgehead atoms. The second kappa shape index (κ2) is 6.87. The summed E-state index contributed by atoms with van der Waals surface area (Å²) in [6, 6.07) is 12.2. The fourth-order valence-electron chi connectivity index (χ4n) is 2.40. The standard InChI is InChI=1S/C18H13F3N2O2S/c1-11-7-8-16(26-11)15(24)10-23-17(25)13(18(19,20)21)9-14(22-23)12-5-3-2-4-6-12/h2-9H,10H2,1H3. The predicted octanol–water partition coefficient (Wildman–Crippen LogP) is 4.18. The molecule has 0 saturated carbocycles. The van der Waals surface area contributed by atoms with Crippen molar-refractivity contribution >= 4 is 17.1 Å². The summed E-state index contributed by atoms with van der Waals surface area (Å²) in [5.41, 5.74) is -2.28. The highest BCUT2D eigenvalue weighted by Gasteiger charge is 2.36. The zero-order valence-electron chi connectivity index (χ0n) is 13.6. The highest BCUT2D eigenvalue weighted by Crippen LogP contribution is 2.29. The minimum atomic E-state index is -4.84. The number of aromatic nitrogens is 2. The molecule has 1 aromatic carbocycles. The molecule has 0 fully saturated rings. The molecule has 0 spiro atoms. The number of hydrogen-bond donors (Lipinski definition) is 0. The Balaban J connectivity index is 2.09. The Bertz CT molecular complexity index is 1010. The molecule has 0 unspecified atom stereocenters. The summed E-state index contributed by atoms with van der Waals surface area (Å²) in [7, 11) is 0. The summed E-state index contributed by atoms with van der Waals surface area (Å²) in [5.74, 6) is -0.462. The van der Waals surface area contributed by atoms with Crippen molar-refractivity contribution in [2.24, 2.45) is 0 Å². The van der Waals surface area contributed by atoms with Crippen LogP contribution in [0.1, 0.15) is 20.1 Å². The van der Waals surface area contributed by atoms with Crippen molar-refractivity contribution in [3.8, 4) is 11.3 Å². The number of Topliss-reactive ketones (excluding diaryl/α,β-unsaturated/α-hetero) is 1. The number of alkyl halides is 3. The van der Waals surface area contributed by atoms with Crippen LogP contribution in [0.15, 0.2) is 53.3 Å². The van der Waals surface area contributed by atoms with Gasteiger partial charge in [0.15, 0.2) is 5.78 Å². The first-order valence-corrected chi connectivity index (χ1v) is 8.42. The minimum Gasteiger partial charge on any atom is -0.291 e. The molecular weight excluding hydrogens is 365 g/mol. The second-order valence-corrected chi connectivity index (χ2v) is 6.89. The number of carbonyl (C=O) groups excluding carboxylic acids is 1. The second-order valence-electron chi connectivity index (χ2n) is 5.60. The highest BCUT2D eigenvalue weighted by atomic mass is 32.1. The number of halogens is 3. The number of rotatable bonds is 4. The van der Waals surface area contributed by atoms with Crippen LogP contribution in [-0.4, -0.2) is 15.6 Å². The monoisotopic (exact) mass is 378 g/mol. The summed E-state index contributed by atoms with van der Waals surface area (Å²) < 4.78 is 40.4. The zero-order valence-corrected chi connectivity index (χ0v) is 14.4. The number of ketones is 1. The van der Waals surface area contributed by atoms with Gasteiger partial charge in [0.25, 0.3) is 5.56 Å². The summed E-state index contributed by atoms with van der Waals surface area (Å²) in [6.07, 6.45) is -4.84. The van der Waals surface area contributed by atoms with Crippen LogP contribution in [-0.2, 0) is 12.7 Å². The topological polar surface area (TPSA) is 52.0 Å². The van der Waals surface area contributed by atoms with Gasteiger partial charge >= 0.3 is 6.18 Å². The van der Waals surface area contributed by atoms with Gasteiger partial charge in [0.05, 0.1) is 10.6 Å². The van der Waals surface area contributed by atoms with Crippen molar-refractivity contribution in [1.29, 1.82) is 0 Å². The summed E-state index contributed by atoms with van der Waals surface area (Å²) in [4.78, 5) is 25.8. The van der Waals surface area contributed by atoms with Crippen molar-refractivity contribution in [2.45, 2.75) is 19.6 Å². The number of aryl methyl sites for hydroxylation is 1. The fraction of sp³-hybridized carbons (Fsp3) is 0.167. The van der Waals surface area contributed by atoms with E-state index in [0.29, 0.717) is 21.2 Å². The van der Waals surface area contributed by atoms with Crippen molar-refractivity contribution in [3.05, 3.63) is 74.2 Å². The Labute approximate surface area is 150 Å². The van der Waals surface area contributed by atoms with Crippen LogP contribution in [0.5, 0.6) is 0 Å². The molecule has 0 saturated heterocycles. The molecule has 0 N–H and O–H groups in total. The minimum absolute atomic E-state index is 0.0207. The number of carbonyl (C=O) groups is 1. The van der Waals surface area contributed by atoms with E-state index in [1.807, 2.05) is 6.92 Å². The predicted molar refractivity (Wildman–Crippen MR) is 92.3 cm³/mol. The Kier molecular flexibility index (Phi) is 4.78. The van der Waals surface area contributed by atoms with Gasteiger partial charge < -0.3 is 0 Å². The van der Waals surface area contributed by atoms with Crippen molar-refractivity contribution in [2.75, 3.05) is 0 Å². The molecule has 0 amide bonds. The van der Waals surface area contributed by atoms with Crippen molar-refractivity contribution in [1.82, 2.24) is 9.78 Å². The average molecular weight is 378 g/mol. The van der Waals surface area contributed by atoms with Gasteiger partial charge in [0.2, 0.25) is 0 Å². The van der Waals surface area contributed by atoms with Crippen LogP contribution in [0.2, 0.25) is 0 Å². The Morgan fingerprint density at radius 2 is 1.85 bits per heavy atom. The lowest BCUT2D eigenvalue weighted by molar-refractivity contribution is -0.139. The van der Waals surface area contributed by atoms with Crippen LogP contribution in [0, 0.1) is 6.92 Å². The van der Waals surface area contributed by atoms with Gasteiger partial charge in [-0.1, -0.05) is 30.3 Å². The van der Waals surface area contributed by atoms with Crippen LogP contribution in [0.25, 0.3) is 11.3 Å². The number of hydrogen-bond acceptors (Lipinski definition) is 4. The van der Waals surface area contributed by atoms with Crippen molar-refractivity contribution < 1.29 is 18.0 Å². The lowest BCUT2D eigenvalue weighted by Gasteiger charge is -2.12. The van der Waals surface area contributed by atoms with Crippen LogP contribution in [0.4, 0.5) is 13.2 Å². The van der Waals surface area contributed by atoms with Gasteiger partial charge in [0, 0.05) is 10.4 Å². The molecule has 0 radical (unpaired) electrons. The number of nitrogens with zero attached hydrogens (tertiary/aromatic N) is 2. The fourth-order valence-corrected chi connectivity index (χ4v) is 3.20. The van der Waals surface area contributed by atoms with E-state index in [9.17, 15) is 22.8 Å². The molecular formula is C18H13F3N2O2S. The first-order valence-electron chi connectivity index (χ1n) is 7.60. The third-order valence-corrected chi connectivity index (χ3v) is 4.70. The molecule has 8 heteroatoms. The maximum atomic E-state index is 13.3. The molecule has 0 atom stereocenters. The summed E-state index contributed by atoms with van der Waals surface area (Å²) >= 11 is 1.22. The lowest BCUT2D eigenvalue weighted by Crippen LogP contribution is -2.33. The van der Waals surface area contributed by atoms with E-state index in [4.69, 9.17) is 0 Å². The maximum Gasteiger partial charge on any atom is 0.421 e. The van der Waals surface area contributed by atoms with E-state index < -0.39 is 29.6 Å². The summed E-state index contributed by atoms with van der Waals surface area (Å²) in [6.45, 7) is 1.26. The Morgan fingerprint density at radius 1 is 1.15 bits per heavy atom. The number of benzene rings is 1. The number of thiophene rings is 1. The van der Waals surface area contributed by atoms with E-state index in [0.717, 1.165) is 4.88 Å². The smallest absolute Gasteiger partial charge is 0.291 e. The lowest BCUT2D eigenvalue weighted by atomic mass is 10.1. The van der Waals surface area contributed by atoms with Gasteiger partial charge in [-0.2, -0.15) is 18.3 Å². The molecule has 26 heavy (non-hydrogen) atoms. The first kappa shape index (κ1) is 18.1. The molecule has 0 aliphatic heterocycles. The van der Waals surface area contributed by atoms with E-state index in [1.165, 1.54) is 11.3 Å². The van der Waals surface area contributed by atoms with E-state index >= 15 is 0 Å². The van der Waals surface area contributed by atoms with Gasteiger partial charge in [-0.05, 0) is 25.1 Å². The molecule has 2 heterocycles. The zero-order chi connectivity index (χ0) is 18.9.